The van der Waals surface area contributed by atoms with Gasteiger partial charge in [0.1, 0.15) is 0 Å². The highest BCUT2D eigenvalue weighted by Gasteiger charge is 2.03. The molecule has 6 nitrogen and oxygen atoms in total. The molecule has 4 N–H and O–H groups in total. The van der Waals surface area contributed by atoms with Gasteiger partial charge < -0.3 is 15.5 Å². The number of H-pyrrole nitrogens is 1. The van der Waals surface area contributed by atoms with Crippen LogP contribution in [-0.4, -0.2) is 10.9 Å². The van der Waals surface area contributed by atoms with E-state index >= 15 is 0 Å². The average Bonchev–Trinajstić information content (AvgIpc) is 2.84. The van der Waals surface area contributed by atoms with Gasteiger partial charge in [0.15, 0.2) is 5.58 Å². The Labute approximate surface area is 119 Å². The molecule has 2 aromatic carbocycles. The zero-order valence-corrected chi connectivity index (χ0v) is 11.1. The predicted molar refractivity (Wildman–Crippen MR) is 79.1 cm³/mol. The number of carbonyl (C=O) groups excluding carboxylic acids is 1. The molecule has 0 unspecified atom stereocenters. The van der Waals surface area contributed by atoms with Crippen molar-refractivity contribution in [3.8, 4) is 0 Å². The second-order valence-electron chi connectivity index (χ2n) is 4.64. The Morgan fingerprint density at radius 3 is 2.90 bits per heavy atom. The standard InChI is InChI=1S/C15H13N3O3/c16-14(19)10-3-1-2-9(6-10)8-17-11-4-5-13-12(7-11)18-15(20)21-13/h1-7,17H,8H2,(H2,16,19)(H,18,20). The molecule has 1 heterocycles. The highest BCUT2D eigenvalue weighted by molar-refractivity contribution is 5.92. The highest BCUT2D eigenvalue weighted by Crippen LogP contribution is 2.17. The molecule has 3 aromatic rings. The van der Waals surface area contributed by atoms with Crippen LogP contribution in [0.25, 0.3) is 11.1 Å². The number of aromatic nitrogens is 1. The van der Waals surface area contributed by atoms with E-state index in [0.29, 0.717) is 23.2 Å². The van der Waals surface area contributed by atoms with Crippen LogP contribution in [0.4, 0.5) is 5.69 Å². The number of anilines is 1. The van der Waals surface area contributed by atoms with Crippen molar-refractivity contribution in [2.45, 2.75) is 6.54 Å². The number of fused-ring (bicyclic) bond motifs is 1. The summed E-state index contributed by atoms with van der Waals surface area (Å²) in [5.74, 6) is -0.925. The fourth-order valence-electron chi connectivity index (χ4n) is 2.10. The maximum atomic E-state index is 11.1. The second kappa shape index (κ2) is 5.16. The van der Waals surface area contributed by atoms with E-state index in [9.17, 15) is 9.59 Å². The van der Waals surface area contributed by atoms with Gasteiger partial charge in [0.2, 0.25) is 5.91 Å². The summed E-state index contributed by atoms with van der Waals surface area (Å²) in [6.07, 6.45) is 0. The third-order valence-corrected chi connectivity index (χ3v) is 3.13. The molecule has 6 heteroatoms. The van der Waals surface area contributed by atoms with E-state index in [2.05, 4.69) is 10.3 Å². The third kappa shape index (κ3) is 2.79. The van der Waals surface area contributed by atoms with Crippen LogP contribution in [-0.2, 0) is 6.54 Å². The fraction of sp³-hybridized carbons (Fsp3) is 0.0667. The molecule has 106 valence electrons. The number of hydrogen-bond acceptors (Lipinski definition) is 4. The van der Waals surface area contributed by atoms with Crippen LogP contribution >= 0.6 is 0 Å². The van der Waals surface area contributed by atoms with Gasteiger partial charge in [-0.1, -0.05) is 12.1 Å². The van der Waals surface area contributed by atoms with Crippen LogP contribution in [0.1, 0.15) is 15.9 Å². The molecule has 0 saturated heterocycles. The van der Waals surface area contributed by atoms with E-state index in [4.69, 9.17) is 10.2 Å². The summed E-state index contributed by atoms with van der Waals surface area (Å²) in [7, 11) is 0. The molecule has 0 atom stereocenters. The SMILES string of the molecule is NC(=O)c1cccc(CNc2ccc3oc(=O)[nH]c3c2)c1. The van der Waals surface area contributed by atoms with E-state index in [1.165, 1.54) is 0 Å². The molecule has 0 aliphatic rings. The van der Waals surface area contributed by atoms with Crippen LogP contribution in [0, 0.1) is 0 Å². The van der Waals surface area contributed by atoms with Crippen LogP contribution in [0.2, 0.25) is 0 Å². The number of primary amides is 1. The number of carbonyl (C=O) groups is 1. The minimum Gasteiger partial charge on any atom is -0.408 e. The third-order valence-electron chi connectivity index (χ3n) is 3.13. The molecule has 1 amide bonds. The van der Waals surface area contributed by atoms with Crippen LogP contribution in [0.3, 0.4) is 0 Å². The lowest BCUT2D eigenvalue weighted by molar-refractivity contribution is 0.1000. The number of nitrogens with two attached hydrogens (primary N) is 1. The maximum Gasteiger partial charge on any atom is 0.417 e. The number of nitrogens with one attached hydrogen (secondary N) is 2. The van der Waals surface area contributed by atoms with E-state index in [-0.39, 0.29) is 0 Å². The first kappa shape index (κ1) is 13.0. The monoisotopic (exact) mass is 283 g/mol. The van der Waals surface area contributed by atoms with Crippen molar-refractivity contribution < 1.29 is 9.21 Å². The quantitative estimate of drug-likeness (QED) is 0.680. The summed E-state index contributed by atoms with van der Waals surface area (Å²) in [6.45, 7) is 0.536. The minimum atomic E-state index is -0.476. The molecule has 0 fully saturated rings. The molecular weight excluding hydrogens is 270 g/mol. The van der Waals surface area contributed by atoms with E-state index in [0.717, 1.165) is 11.3 Å². The number of oxazole rings is 1. The molecule has 0 spiro atoms. The van der Waals surface area contributed by atoms with Gasteiger partial charge in [-0.15, -0.1) is 0 Å². The summed E-state index contributed by atoms with van der Waals surface area (Å²) in [4.78, 5) is 24.8. The Bertz CT molecular complexity index is 864. The second-order valence-corrected chi connectivity index (χ2v) is 4.64. The van der Waals surface area contributed by atoms with E-state index < -0.39 is 11.7 Å². The van der Waals surface area contributed by atoms with Crippen molar-refractivity contribution in [1.29, 1.82) is 0 Å². The van der Waals surface area contributed by atoms with E-state index in [1.54, 1.807) is 30.3 Å². The van der Waals surface area contributed by atoms with Crippen molar-refractivity contribution in [1.82, 2.24) is 4.98 Å². The molecule has 21 heavy (non-hydrogen) atoms. The van der Waals surface area contributed by atoms with Crippen molar-refractivity contribution in [3.63, 3.8) is 0 Å². The highest BCUT2D eigenvalue weighted by atomic mass is 16.4. The van der Waals surface area contributed by atoms with Gasteiger partial charge in [-0.05, 0) is 35.9 Å². The molecular formula is C15H13N3O3. The molecule has 3 rings (SSSR count). The van der Waals surface area contributed by atoms with Gasteiger partial charge in [0, 0.05) is 17.8 Å². The van der Waals surface area contributed by atoms with Crippen molar-refractivity contribution in [3.05, 3.63) is 64.1 Å². The first-order valence-electron chi connectivity index (χ1n) is 6.37. The predicted octanol–water partition coefficient (Wildman–Crippen LogP) is 1.83. The summed E-state index contributed by atoms with van der Waals surface area (Å²) in [5.41, 5.74) is 8.65. The maximum absolute atomic E-state index is 11.1. The largest absolute Gasteiger partial charge is 0.417 e. The molecule has 0 bridgehead atoms. The molecule has 0 saturated carbocycles. The lowest BCUT2D eigenvalue weighted by Gasteiger charge is -2.07. The van der Waals surface area contributed by atoms with Gasteiger partial charge >= 0.3 is 5.76 Å². The summed E-state index contributed by atoms with van der Waals surface area (Å²) < 4.78 is 4.94. The number of benzene rings is 2. The van der Waals surface area contributed by atoms with Gasteiger partial charge in [-0.3, -0.25) is 9.78 Å². The number of amides is 1. The topological polar surface area (TPSA) is 101 Å². The van der Waals surface area contributed by atoms with Crippen LogP contribution in [0.15, 0.2) is 51.7 Å². The Morgan fingerprint density at radius 1 is 1.24 bits per heavy atom. The molecule has 0 aliphatic carbocycles. The van der Waals surface area contributed by atoms with E-state index in [1.807, 2.05) is 12.1 Å². The zero-order valence-electron chi connectivity index (χ0n) is 11.1. The van der Waals surface area contributed by atoms with Crippen molar-refractivity contribution >= 4 is 22.7 Å². The smallest absolute Gasteiger partial charge is 0.408 e. The van der Waals surface area contributed by atoms with Gasteiger partial charge in [0.25, 0.3) is 0 Å². The Balaban J connectivity index is 1.78. The van der Waals surface area contributed by atoms with Crippen molar-refractivity contribution in [2.75, 3.05) is 5.32 Å². The number of hydrogen-bond donors (Lipinski definition) is 3. The Hall–Kier alpha value is -3.02. The summed E-state index contributed by atoms with van der Waals surface area (Å²) >= 11 is 0. The fourth-order valence-corrected chi connectivity index (χ4v) is 2.10. The Morgan fingerprint density at radius 2 is 2.10 bits per heavy atom. The number of rotatable bonds is 4. The first-order valence-corrected chi connectivity index (χ1v) is 6.37. The average molecular weight is 283 g/mol. The minimum absolute atomic E-state index is 0.450. The zero-order chi connectivity index (χ0) is 14.8. The van der Waals surface area contributed by atoms with Crippen LogP contribution < -0.4 is 16.8 Å². The lowest BCUT2D eigenvalue weighted by atomic mass is 10.1. The Kier molecular flexibility index (Phi) is 3.19. The number of aromatic amines is 1. The van der Waals surface area contributed by atoms with Gasteiger partial charge in [-0.2, -0.15) is 0 Å². The normalized spacial score (nSPS) is 10.7. The molecule has 1 aromatic heterocycles. The lowest BCUT2D eigenvalue weighted by Crippen LogP contribution is -2.11. The molecule has 0 radical (unpaired) electrons. The van der Waals surface area contributed by atoms with Gasteiger partial charge in [-0.25, -0.2) is 4.79 Å². The summed E-state index contributed by atoms with van der Waals surface area (Å²) in [6, 6.07) is 12.4. The van der Waals surface area contributed by atoms with Gasteiger partial charge in [0.05, 0.1) is 5.52 Å². The van der Waals surface area contributed by atoms with Crippen LogP contribution in [0.5, 0.6) is 0 Å². The first-order chi connectivity index (χ1) is 10.1. The molecule has 0 aliphatic heterocycles. The summed E-state index contributed by atoms with van der Waals surface area (Å²) in [5, 5.41) is 3.21. The van der Waals surface area contributed by atoms with Crippen molar-refractivity contribution in [2.24, 2.45) is 5.73 Å².